The number of aromatic nitrogens is 2. The second-order valence-corrected chi connectivity index (χ2v) is 6.15. The first-order valence-electron chi connectivity index (χ1n) is 5.42. The zero-order valence-corrected chi connectivity index (χ0v) is 11.9. The lowest BCUT2D eigenvalue weighted by atomic mass is 10.1. The van der Waals surface area contributed by atoms with Crippen LogP contribution in [0.15, 0.2) is 0 Å². The number of hydrogen-bond acceptors (Lipinski definition) is 5. The Morgan fingerprint density at radius 1 is 1.29 bits per heavy atom. The average Bonchev–Trinajstić information content (AvgIpc) is 2.46. The van der Waals surface area contributed by atoms with E-state index in [9.17, 15) is 4.79 Å². The Morgan fingerprint density at radius 2 is 1.88 bits per heavy atom. The smallest absolute Gasteiger partial charge is 0.408 e. The van der Waals surface area contributed by atoms with Gasteiger partial charge in [-0.3, -0.25) is 0 Å². The van der Waals surface area contributed by atoms with Crippen molar-refractivity contribution in [2.24, 2.45) is 0 Å². The van der Waals surface area contributed by atoms with Crippen molar-refractivity contribution in [3.8, 4) is 0 Å². The van der Waals surface area contributed by atoms with Crippen molar-refractivity contribution in [1.29, 1.82) is 0 Å². The lowest BCUT2D eigenvalue weighted by molar-refractivity contribution is 0.0470. The van der Waals surface area contributed by atoms with Crippen molar-refractivity contribution in [2.45, 2.75) is 52.7 Å². The van der Waals surface area contributed by atoms with Crippen molar-refractivity contribution in [3.05, 3.63) is 10.8 Å². The molecule has 0 radical (unpaired) electrons. The van der Waals surface area contributed by atoms with Crippen LogP contribution in [0.4, 0.5) is 4.79 Å². The van der Waals surface area contributed by atoms with Crippen LogP contribution in [-0.2, 0) is 10.3 Å². The van der Waals surface area contributed by atoms with Gasteiger partial charge in [0.05, 0.1) is 5.54 Å². The zero-order chi connectivity index (χ0) is 13.3. The van der Waals surface area contributed by atoms with E-state index in [4.69, 9.17) is 4.74 Å². The first-order chi connectivity index (χ1) is 7.60. The van der Waals surface area contributed by atoms with Crippen LogP contribution in [-0.4, -0.2) is 21.1 Å². The molecule has 0 fully saturated rings. The van der Waals surface area contributed by atoms with Gasteiger partial charge in [0, 0.05) is 0 Å². The van der Waals surface area contributed by atoms with E-state index in [2.05, 4.69) is 14.7 Å². The van der Waals surface area contributed by atoms with Gasteiger partial charge in [-0.15, -0.1) is 0 Å². The summed E-state index contributed by atoms with van der Waals surface area (Å²) in [6, 6.07) is 0. The Kier molecular flexibility index (Phi) is 3.76. The molecular weight excluding hydrogens is 238 g/mol. The summed E-state index contributed by atoms with van der Waals surface area (Å²) in [7, 11) is 0. The highest BCUT2D eigenvalue weighted by atomic mass is 32.1. The standard InChI is InChI=1S/C11H19N3O2S/c1-7-12-8(17-14-7)11(5,6)13-9(15)16-10(2,3)4/h1-6H3,(H,13,15). The monoisotopic (exact) mass is 257 g/mol. The van der Waals surface area contributed by atoms with Gasteiger partial charge in [-0.1, -0.05) is 0 Å². The normalized spacial score (nSPS) is 12.4. The molecule has 96 valence electrons. The topological polar surface area (TPSA) is 64.1 Å². The molecule has 17 heavy (non-hydrogen) atoms. The van der Waals surface area contributed by atoms with Crippen molar-refractivity contribution in [1.82, 2.24) is 14.7 Å². The van der Waals surface area contributed by atoms with Crippen LogP contribution in [0.25, 0.3) is 0 Å². The fourth-order valence-electron chi connectivity index (χ4n) is 1.16. The van der Waals surface area contributed by atoms with E-state index >= 15 is 0 Å². The van der Waals surface area contributed by atoms with Crippen LogP contribution >= 0.6 is 11.5 Å². The molecule has 6 heteroatoms. The lowest BCUT2D eigenvalue weighted by Crippen LogP contribution is -2.43. The predicted molar refractivity (Wildman–Crippen MR) is 67.0 cm³/mol. The highest BCUT2D eigenvalue weighted by molar-refractivity contribution is 7.05. The second kappa shape index (κ2) is 4.60. The van der Waals surface area contributed by atoms with Crippen molar-refractivity contribution in [2.75, 3.05) is 0 Å². The third kappa shape index (κ3) is 4.30. The maximum absolute atomic E-state index is 11.7. The molecule has 0 aliphatic rings. The van der Waals surface area contributed by atoms with Gasteiger partial charge in [-0.05, 0) is 53.1 Å². The molecule has 1 heterocycles. The number of ether oxygens (including phenoxy) is 1. The van der Waals surface area contributed by atoms with E-state index in [1.54, 1.807) is 0 Å². The Labute approximate surface area is 106 Å². The third-order valence-corrected chi connectivity index (χ3v) is 3.01. The van der Waals surface area contributed by atoms with Crippen LogP contribution in [0.2, 0.25) is 0 Å². The van der Waals surface area contributed by atoms with Gasteiger partial charge in [0.25, 0.3) is 0 Å². The van der Waals surface area contributed by atoms with E-state index in [0.29, 0.717) is 5.82 Å². The van der Waals surface area contributed by atoms with Crippen LogP contribution in [0.3, 0.4) is 0 Å². The Bertz CT molecular complexity index is 407. The maximum Gasteiger partial charge on any atom is 0.408 e. The van der Waals surface area contributed by atoms with E-state index in [0.717, 1.165) is 5.01 Å². The number of hydrogen-bond donors (Lipinski definition) is 1. The summed E-state index contributed by atoms with van der Waals surface area (Å²) in [5.41, 5.74) is -1.08. The first-order valence-corrected chi connectivity index (χ1v) is 6.19. The van der Waals surface area contributed by atoms with Gasteiger partial charge in [0.1, 0.15) is 16.4 Å². The summed E-state index contributed by atoms with van der Waals surface area (Å²) < 4.78 is 9.31. The maximum atomic E-state index is 11.7. The molecular formula is C11H19N3O2S. The number of aryl methyl sites for hydroxylation is 1. The van der Waals surface area contributed by atoms with Crippen LogP contribution in [0.1, 0.15) is 45.5 Å². The highest BCUT2D eigenvalue weighted by Gasteiger charge is 2.29. The third-order valence-electron chi connectivity index (χ3n) is 1.88. The molecule has 1 aromatic heterocycles. The Morgan fingerprint density at radius 3 is 2.29 bits per heavy atom. The zero-order valence-electron chi connectivity index (χ0n) is 11.1. The fourth-order valence-corrected chi connectivity index (χ4v) is 1.87. The molecule has 1 amide bonds. The Hall–Kier alpha value is -1.17. The predicted octanol–water partition coefficient (Wildman–Crippen LogP) is 2.61. The van der Waals surface area contributed by atoms with Gasteiger partial charge in [0.2, 0.25) is 0 Å². The molecule has 0 aromatic carbocycles. The van der Waals surface area contributed by atoms with Gasteiger partial charge in [0.15, 0.2) is 0 Å². The van der Waals surface area contributed by atoms with E-state index in [1.807, 2.05) is 41.5 Å². The molecule has 0 saturated heterocycles. The number of amides is 1. The van der Waals surface area contributed by atoms with Crippen LogP contribution < -0.4 is 5.32 Å². The summed E-state index contributed by atoms with van der Waals surface area (Å²) in [4.78, 5) is 15.9. The number of nitrogens with zero attached hydrogens (tertiary/aromatic N) is 2. The van der Waals surface area contributed by atoms with Gasteiger partial charge >= 0.3 is 6.09 Å². The minimum Gasteiger partial charge on any atom is -0.444 e. The Balaban J connectivity index is 2.70. The fraction of sp³-hybridized carbons (Fsp3) is 0.727. The van der Waals surface area contributed by atoms with E-state index < -0.39 is 17.2 Å². The van der Waals surface area contributed by atoms with Crippen LogP contribution in [0.5, 0.6) is 0 Å². The average molecular weight is 257 g/mol. The summed E-state index contributed by atoms with van der Waals surface area (Å²) in [5, 5.41) is 3.55. The molecule has 0 saturated carbocycles. The van der Waals surface area contributed by atoms with Crippen LogP contribution in [0, 0.1) is 6.92 Å². The molecule has 1 N–H and O–H groups in total. The molecule has 5 nitrogen and oxygen atoms in total. The van der Waals surface area contributed by atoms with Crippen molar-refractivity contribution < 1.29 is 9.53 Å². The van der Waals surface area contributed by atoms with E-state index in [1.165, 1.54) is 11.5 Å². The largest absolute Gasteiger partial charge is 0.444 e. The number of nitrogens with one attached hydrogen (secondary N) is 1. The molecule has 1 aromatic rings. The molecule has 0 aliphatic heterocycles. The van der Waals surface area contributed by atoms with Gasteiger partial charge in [-0.25, -0.2) is 9.78 Å². The number of alkyl carbamates (subject to hydrolysis) is 1. The highest BCUT2D eigenvalue weighted by Crippen LogP contribution is 2.22. The first kappa shape index (κ1) is 13.9. The number of carbonyl (C=O) groups is 1. The molecule has 0 aliphatic carbocycles. The van der Waals surface area contributed by atoms with E-state index in [-0.39, 0.29) is 0 Å². The van der Waals surface area contributed by atoms with Gasteiger partial charge < -0.3 is 10.1 Å². The summed E-state index contributed by atoms with van der Waals surface area (Å²) in [5.74, 6) is 0.712. The summed E-state index contributed by atoms with van der Waals surface area (Å²) in [6.07, 6.45) is -0.449. The lowest BCUT2D eigenvalue weighted by Gasteiger charge is -2.26. The quantitative estimate of drug-likeness (QED) is 0.884. The van der Waals surface area contributed by atoms with Crippen molar-refractivity contribution in [3.63, 3.8) is 0 Å². The molecule has 0 bridgehead atoms. The minimum absolute atomic E-state index is 0.449. The number of carbonyl (C=O) groups excluding carboxylic acids is 1. The summed E-state index contributed by atoms with van der Waals surface area (Å²) >= 11 is 1.29. The molecule has 0 atom stereocenters. The molecule has 0 unspecified atom stereocenters. The molecule has 0 spiro atoms. The second-order valence-electron chi connectivity index (χ2n) is 5.40. The SMILES string of the molecule is Cc1nsc(C(C)(C)NC(=O)OC(C)(C)C)n1. The molecule has 1 rings (SSSR count). The van der Waals surface area contributed by atoms with Crippen molar-refractivity contribution >= 4 is 17.6 Å². The minimum atomic E-state index is -0.575. The summed E-state index contributed by atoms with van der Waals surface area (Å²) in [6.45, 7) is 11.1. The number of rotatable bonds is 2. The van der Waals surface area contributed by atoms with Gasteiger partial charge in [-0.2, -0.15) is 4.37 Å².